The summed E-state index contributed by atoms with van der Waals surface area (Å²) >= 11 is 0. The second kappa shape index (κ2) is 21.5. The van der Waals surface area contributed by atoms with Crippen LogP contribution in [0, 0.1) is 0 Å². The van der Waals surface area contributed by atoms with E-state index in [1.165, 1.54) is 6.07 Å². The number of phenolic OH excluding ortho intramolecular Hbond substituents is 1. The van der Waals surface area contributed by atoms with Gasteiger partial charge in [0.2, 0.25) is 5.91 Å². The Morgan fingerprint density at radius 3 is 1.66 bits per heavy atom. The number of aromatic hydroxyl groups is 1. The van der Waals surface area contributed by atoms with Crippen LogP contribution in [-0.4, -0.2) is 29.0 Å². The Balaban J connectivity index is 2.12. The summed E-state index contributed by atoms with van der Waals surface area (Å²) in [6.07, 6.45) is 32.8. The molecule has 1 aromatic rings. The summed E-state index contributed by atoms with van der Waals surface area (Å²) in [5, 5.41) is 15.6. The number of carbonyl (C=O) groups is 2. The molecule has 0 aliphatic heterocycles. The van der Waals surface area contributed by atoms with E-state index >= 15 is 0 Å². The molecule has 0 spiro atoms. The molecule has 1 aromatic carbocycles. The van der Waals surface area contributed by atoms with Gasteiger partial charge < -0.3 is 15.7 Å². The molecule has 0 radical (unpaired) electrons. The first-order chi connectivity index (χ1) is 18.5. The largest absolute Gasteiger partial charge is 0.507 e. The highest BCUT2D eigenvalue weighted by Crippen LogP contribution is 2.15. The molecule has 0 bridgehead atoms. The Bertz CT molecular complexity index is 986. The van der Waals surface area contributed by atoms with Crippen molar-refractivity contribution in [2.24, 2.45) is 0 Å². The van der Waals surface area contributed by atoms with Crippen molar-refractivity contribution in [2.45, 2.75) is 84.2 Å². The molecule has 2 amide bonds. The van der Waals surface area contributed by atoms with E-state index in [1.54, 1.807) is 18.2 Å². The topological polar surface area (TPSA) is 78.4 Å². The lowest BCUT2D eigenvalue weighted by Gasteiger charge is -2.22. The minimum Gasteiger partial charge on any atom is -0.507 e. The van der Waals surface area contributed by atoms with Crippen molar-refractivity contribution in [3.05, 3.63) is 103 Å². The van der Waals surface area contributed by atoms with Crippen molar-refractivity contribution >= 4 is 11.8 Å². The summed E-state index contributed by atoms with van der Waals surface area (Å²) in [4.78, 5) is 24.5. The summed E-state index contributed by atoms with van der Waals surface area (Å²) in [7, 11) is 0. The number of phenols is 1. The van der Waals surface area contributed by atoms with Crippen LogP contribution < -0.4 is 10.6 Å². The van der Waals surface area contributed by atoms with Gasteiger partial charge in [-0.3, -0.25) is 9.59 Å². The van der Waals surface area contributed by atoms with Gasteiger partial charge in [0.05, 0.1) is 5.56 Å². The summed E-state index contributed by atoms with van der Waals surface area (Å²) in [6.45, 7) is 5.83. The highest BCUT2D eigenvalue weighted by molar-refractivity contribution is 5.97. The van der Waals surface area contributed by atoms with Crippen molar-refractivity contribution in [1.29, 1.82) is 0 Å². The van der Waals surface area contributed by atoms with Gasteiger partial charge in [0.15, 0.2) is 0 Å². The van der Waals surface area contributed by atoms with Gasteiger partial charge in [0.25, 0.3) is 5.91 Å². The molecule has 2 unspecified atom stereocenters. The Morgan fingerprint density at radius 2 is 1.16 bits per heavy atom. The smallest absolute Gasteiger partial charge is 0.255 e. The highest BCUT2D eigenvalue weighted by Gasteiger charge is 2.18. The molecule has 0 heterocycles. The summed E-state index contributed by atoms with van der Waals surface area (Å²) < 4.78 is 0. The van der Waals surface area contributed by atoms with Gasteiger partial charge in [-0.15, -0.1) is 0 Å². The molecular weight excluding hydrogens is 472 g/mol. The van der Waals surface area contributed by atoms with Crippen molar-refractivity contribution in [3.63, 3.8) is 0 Å². The third-order valence-electron chi connectivity index (χ3n) is 5.78. The maximum absolute atomic E-state index is 12.3. The molecule has 206 valence electrons. The second-order valence-corrected chi connectivity index (χ2v) is 9.09. The summed E-state index contributed by atoms with van der Waals surface area (Å²) in [5.41, 5.74) is 0.218. The molecule has 2 atom stereocenters. The minimum absolute atomic E-state index is 0.0549. The van der Waals surface area contributed by atoms with Crippen LogP contribution in [-0.2, 0) is 4.79 Å². The maximum atomic E-state index is 12.3. The molecule has 0 fully saturated rings. The van der Waals surface area contributed by atoms with E-state index in [9.17, 15) is 14.7 Å². The lowest BCUT2D eigenvalue weighted by Crippen LogP contribution is -2.48. The minimum atomic E-state index is -0.366. The molecule has 38 heavy (non-hydrogen) atoms. The number of para-hydroxylation sites is 1. The fraction of sp³-hybridized carbons (Fsp3) is 0.394. The van der Waals surface area contributed by atoms with Gasteiger partial charge in [0, 0.05) is 18.5 Å². The van der Waals surface area contributed by atoms with Crippen LogP contribution in [0.3, 0.4) is 0 Å². The van der Waals surface area contributed by atoms with Gasteiger partial charge in [-0.05, 0) is 70.9 Å². The quantitative estimate of drug-likeness (QED) is 0.176. The molecule has 0 aliphatic rings. The maximum Gasteiger partial charge on any atom is 0.255 e. The van der Waals surface area contributed by atoms with Crippen LogP contribution >= 0.6 is 0 Å². The standard InChI is InChI=1S/C33H46N2O3/c1-4-5-6-7-8-9-10-11-12-13-14-15-16-17-18-19-20-21-22-27-32(37)34-28(2)29(3)35-33(38)30-25-23-24-26-31(30)36/h5-6,8-9,11-12,14-15,17-18,20-21,23-26,28-29,36H,4,7,10,13,16,19,22,27H2,1-3H3,(H,34,37)(H,35,38)/b6-5-,9-8-,12-11-,15-14-,18-17-,21-20-. The molecule has 0 saturated carbocycles. The number of amides is 2. The fourth-order valence-corrected chi connectivity index (χ4v) is 3.38. The first kappa shape index (κ1) is 32.4. The van der Waals surface area contributed by atoms with Gasteiger partial charge in [0.1, 0.15) is 5.75 Å². The fourth-order valence-electron chi connectivity index (χ4n) is 3.38. The predicted octanol–water partition coefficient (Wildman–Crippen LogP) is 7.49. The monoisotopic (exact) mass is 518 g/mol. The van der Waals surface area contributed by atoms with Gasteiger partial charge in [-0.2, -0.15) is 0 Å². The zero-order valence-electron chi connectivity index (χ0n) is 23.3. The summed E-state index contributed by atoms with van der Waals surface area (Å²) in [6, 6.07) is 5.88. The van der Waals surface area contributed by atoms with Crippen LogP contribution in [0.2, 0.25) is 0 Å². The number of allylic oxidation sites excluding steroid dienone is 12. The zero-order chi connectivity index (χ0) is 27.8. The molecule has 5 heteroatoms. The molecule has 0 aromatic heterocycles. The average Bonchev–Trinajstić information content (AvgIpc) is 2.90. The predicted molar refractivity (Wildman–Crippen MR) is 160 cm³/mol. The van der Waals surface area contributed by atoms with Crippen molar-refractivity contribution in [2.75, 3.05) is 0 Å². The number of benzene rings is 1. The van der Waals surface area contributed by atoms with E-state index in [-0.39, 0.29) is 35.2 Å². The Labute approximate surface area is 229 Å². The highest BCUT2D eigenvalue weighted by atomic mass is 16.3. The number of carbonyl (C=O) groups excluding carboxylic acids is 2. The second-order valence-electron chi connectivity index (χ2n) is 9.09. The number of hydrogen-bond acceptors (Lipinski definition) is 3. The number of hydrogen-bond donors (Lipinski definition) is 3. The Hall–Kier alpha value is -3.60. The van der Waals surface area contributed by atoms with Crippen LogP contribution in [0.1, 0.15) is 82.5 Å². The normalized spacial score (nSPS) is 14.0. The van der Waals surface area contributed by atoms with E-state index in [4.69, 9.17) is 0 Å². The van der Waals surface area contributed by atoms with Crippen molar-refractivity contribution < 1.29 is 14.7 Å². The van der Waals surface area contributed by atoms with Gasteiger partial charge in [-0.25, -0.2) is 0 Å². The van der Waals surface area contributed by atoms with Gasteiger partial charge >= 0.3 is 0 Å². The van der Waals surface area contributed by atoms with E-state index in [0.29, 0.717) is 12.8 Å². The van der Waals surface area contributed by atoms with Crippen LogP contribution in [0.25, 0.3) is 0 Å². The Kier molecular flexibility index (Phi) is 18.3. The first-order valence-electron chi connectivity index (χ1n) is 13.7. The summed E-state index contributed by atoms with van der Waals surface area (Å²) in [5.74, 6) is -0.486. The molecular formula is C33H46N2O3. The van der Waals surface area contributed by atoms with Crippen LogP contribution in [0.5, 0.6) is 5.75 Å². The first-order valence-corrected chi connectivity index (χ1v) is 13.7. The lowest BCUT2D eigenvalue weighted by atomic mass is 10.1. The van der Waals surface area contributed by atoms with E-state index in [2.05, 4.69) is 84.4 Å². The van der Waals surface area contributed by atoms with E-state index < -0.39 is 0 Å². The molecule has 3 N–H and O–H groups in total. The van der Waals surface area contributed by atoms with E-state index in [1.807, 2.05) is 19.9 Å². The lowest BCUT2D eigenvalue weighted by molar-refractivity contribution is -0.121. The third-order valence-corrected chi connectivity index (χ3v) is 5.78. The van der Waals surface area contributed by atoms with Gasteiger partial charge in [-0.1, -0.05) is 92.0 Å². The zero-order valence-corrected chi connectivity index (χ0v) is 23.3. The SMILES string of the molecule is CC/C=C\C/C=C\C/C=C\C/C=C\C/C=C\C/C=C\CCC(=O)NC(C)C(C)NC(=O)c1ccccc1O. The van der Waals surface area contributed by atoms with Crippen LogP contribution in [0.15, 0.2) is 97.2 Å². The van der Waals surface area contributed by atoms with Crippen LogP contribution in [0.4, 0.5) is 0 Å². The molecule has 5 nitrogen and oxygen atoms in total. The Morgan fingerprint density at radius 1 is 0.711 bits per heavy atom. The van der Waals surface area contributed by atoms with Crippen molar-refractivity contribution in [3.8, 4) is 5.75 Å². The average molecular weight is 519 g/mol. The number of nitrogens with one attached hydrogen (secondary N) is 2. The molecule has 0 aliphatic carbocycles. The van der Waals surface area contributed by atoms with E-state index in [0.717, 1.165) is 38.5 Å². The van der Waals surface area contributed by atoms with Crippen molar-refractivity contribution in [1.82, 2.24) is 10.6 Å². The third kappa shape index (κ3) is 16.2. The molecule has 1 rings (SSSR count). The molecule has 0 saturated heterocycles. The number of rotatable bonds is 18.